The number of urea groups is 1. The molecule has 0 heterocycles. The van der Waals surface area contributed by atoms with Crippen LogP contribution in [0.25, 0.3) is 0 Å². The Hall–Kier alpha value is -1.30. The van der Waals surface area contributed by atoms with Crippen LogP contribution in [0.15, 0.2) is 0 Å². The maximum Gasteiger partial charge on any atom is 0.315 e. The standard InChI is InChI=1S/C12H25N3O3/c1-9(6-7-15(4)5)13-11(18)14-12(2,3)8-10(16)17/h9H,6-8H2,1-5H3,(H,16,17)(H2,13,14,18). The van der Waals surface area contributed by atoms with Crippen molar-refractivity contribution in [3.05, 3.63) is 0 Å². The molecule has 106 valence electrons. The van der Waals surface area contributed by atoms with Crippen molar-refractivity contribution in [3.8, 4) is 0 Å². The topological polar surface area (TPSA) is 81.7 Å². The lowest BCUT2D eigenvalue weighted by Crippen LogP contribution is -2.51. The van der Waals surface area contributed by atoms with E-state index in [-0.39, 0.29) is 18.5 Å². The number of amides is 2. The van der Waals surface area contributed by atoms with Gasteiger partial charge in [-0.15, -0.1) is 0 Å². The second-order valence-electron chi connectivity index (χ2n) is 5.55. The molecular formula is C12H25N3O3. The van der Waals surface area contributed by atoms with Gasteiger partial charge in [-0.05, 0) is 47.8 Å². The zero-order valence-electron chi connectivity index (χ0n) is 11.9. The highest BCUT2D eigenvalue weighted by Crippen LogP contribution is 2.07. The van der Waals surface area contributed by atoms with E-state index in [1.54, 1.807) is 13.8 Å². The van der Waals surface area contributed by atoms with Crippen molar-refractivity contribution in [1.29, 1.82) is 0 Å². The summed E-state index contributed by atoms with van der Waals surface area (Å²) in [7, 11) is 3.95. The van der Waals surface area contributed by atoms with Crippen molar-refractivity contribution in [3.63, 3.8) is 0 Å². The van der Waals surface area contributed by atoms with Crippen LogP contribution in [0.5, 0.6) is 0 Å². The molecule has 0 fully saturated rings. The van der Waals surface area contributed by atoms with Crippen LogP contribution in [0.2, 0.25) is 0 Å². The van der Waals surface area contributed by atoms with Crippen molar-refractivity contribution >= 4 is 12.0 Å². The van der Waals surface area contributed by atoms with Gasteiger partial charge >= 0.3 is 12.0 Å². The first-order chi connectivity index (χ1) is 8.12. The molecule has 1 atom stereocenters. The summed E-state index contributed by atoms with van der Waals surface area (Å²) in [6.45, 7) is 6.18. The van der Waals surface area contributed by atoms with Crippen molar-refractivity contribution in [1.82, 2.24) is 15.5 Å². The first-order valence-electron chi connectivity index (χ1n) is 6.07. The average molecular weight is 259 g/mol. The van der Waals surface area contributed by atoms with Crippen molar-refractivity contribution in [2.24, 2.45) is 0 Å². The fraction of sp³-hybridized carbons (Fsp3) is 0.833. The van der Waals surface area contributed by atoms with Crippen LogP contribution in [-0.2, 0) is 4.79 Å². The SMILES string of the molecule is CC(CCN(C)C)NC(=O)NC(C)(C)CC(=O)O. The molecule has 0 aliphatic rings. The molecule has 1 unspecified atom stereocenters. The van der Waals surface area contributed by atoms with E-state index in [1.165, 1.54) is 0 Å². The molecule has 0 aliphatic heterocycles. The van der Waals surface area contributed by atoms with Crippen LogP contribution < -0.4 is 10.6 Å². The molecule has 0 bridgehead atoms. The predicted octanol–water partition coefficient (Wildman–Crippen LogP) is 0.879. The molecule has 0 aromatic carbocycles. The summed E-state index contributed by atoms with van der Waals surface area (Å²) in [4.78, 5) is 24.3. The highest BCUT2D eigenvalue weighted by atomic mass is 16.4. The lowest BCUT2D eigenvalue weighted by Gasteiger charge is -2.26. The number of carbonyl (C=O) groups is 2. The van der Waals surface area contributed by atoms with E-state index in [4.69, 9.17) is 5.11 Å². The molecule has 0 saturated carbocycles. The third-order valence-corrected chi connectivity index (χ3v) is 2.43. The van der Waals surface area contributed by atoms with Gasteiger partial charge in [-0.1, -0.05) is 0 Å². The highest BCUT2D eigenvalue weighted by Gasteiger charge is 2.24. The molecule has 0 spiro atoms. The van der Waals surface area contributed by atoms with Gasteiger partial charge < -0.3 is 20.6 Å². The molecule has 6 nitrogen and oxygen atoms in total. The number of carbonyl (C=O) groups excluding carboxylic acids is 1. The first-order valence-corrected chi connectivity index (χ1v) is 6.07. The van der Waals surface area contributed by atoms with Gasteiger partial charge in [0.15, 0.2) is 0 Å². The fourth-order valence-corrected chi connectivity index (χ4v) is 1.51. The highest BCUT2D eigenvalue weighted by molar-refractivity contribution is 5.76. The molecule has 0 radical (unpaired) electrons. The Labute approximate surface area is 109 Å². The number of hydrogen-bond donors (Lipinski definition) is 3. The van der Waals surface area contributed by atoms with Crippen molar-refractivity contribution < 1.29 is 14.7 Å². The minimum absolute atomic E-state index is 0.0491. The van der Waals surface area contributed by atoms with Gasteiger partial charge in [-0.25, -0.2) is 4.79 Å². The van der Waals surface area contributed by atoms with Crippen LogP contribution in [0.1, 0.15) is 33.6 Å². The Morgan fingerprint density at radius 1 is 1.33 bits per heavy atom. The predicted molar refractivity (Wildman–Crippen MR) is 70.6 cm³/mol. The molecule has 0 aromatic heterocycles. The number of hydrogen-bond acceptors (Lipinski definition) is 3. The number of carboxylic acids is 1. The molecular weight excluding hydrogens is 234 g/mol. The van der Waals surface area contributed by atoms with E-state index in [0.29, 0.717) is 0 Å². The van der Waals surface area contributed by atoms with Crippen LogP contribution in [0.4, 0.5) is 4.79 Å². The summed E-state index contributed by atoms with van der Waals surface area (Å²) in [5.41, 5.74) is -0.753. The monoisotopic (exact) mass is 259 g/mol. The minimum atomic E-state index is -0.930. The summed E-state index contributed by atoms with van der Waals surface area (Å²) < 4.78 is 0. The summed E-state index contributed by atoms with van der Waals surface area (Å²) in [5.74, 6) is -0.930. The Bertz CT molecular complexity index is 290. The molecule has 2 amide bonds. The maximum atomic E-state index is 11.7. The Morgan fingerprint density at radius 3 is 2.33 bits per heavy atom. The van der Waals surface area contributed by atoms with Crippen LogP contribution in [0.3, 0.4) is 0 Å². The fourth-order valence-electron chi connectivity index (χ4n) is 1.51. The van der Waals surface area contributed by atoms with Gasteiger partial charge in [0, 0.05) is 11.6 Å². The van der Waals surface area contributed by atoms with Gasteiger partial charge in [0.05, 0.1) is 6.42 Å². The zero-order valence-corrected chi connectivity index (χ0v) is 11.9. The van der Waals surface area contributed by atoms with Crippen LogP contribution >= 0.6 is 0 Å². The van der Waals surface area contributed by atoms with E-state index >= 15 is 0 Å². The zero-order chi connectivity index (χ0) is 14.3. The van der Waals surface area contributed by atoms with Crippen molar-refractivity contribution in [2.45, 2.75) is 45.2 Å². The van der Waals surface area contributed by atoms with Gasteiger partial charge in [0.1, 0.15) is 0 Å². The molecule has 6 heteroatoms. The number of aliphatic carboxylic acids is 1. The average Bonchev–Trinajstić information content (AvgIpc) is 2.10. The Morgan fingerprint density at radius 2 is 1.89 bits per heavy atom. The largest absolute Gasteiger partial charge is 0.481 e. The van der Waals surface area contributed by atoms with Crippen molar-refractivity contribution in [2.75, 3.05) is 20.6 Å². The lowest BCUT2D eigenvalue weighted by molar-refractivity contribution is -0.138. The second kappa shape index (κ2) is 7.20. The van der Waals surface area contributed by atoms with Gasteiger partial charge in [-0.3, -0.25) is 4.79 Å². The first kappa shape index (κ1) is 16.7. The lowest BCUT2D eigenvalue weighted by atomic mass is 10.0. The van der Waals surface area contributed by atoms with E-state index in [1.807, 2.05) is 25.9 Å². The van der Waals surface area contributed by atoms with E-state index in [2.05, 4.69) is 10.6 Å². The maximum absolute atomic E-state index is 11.7. The normalized spacial score (nSPS) is 13.2. The number of nitrogens with one attached hydrogen (secondary N) is 2. The van der Waals surface area contributed by atoms with Crippen LogP contribution in [0, 0.1) is 0 Å². The minimum Gasteiger partial charge on any atom is -0.481 e. The number of rotatable bonds is 7. The number of nitrogens with zero attached hydrogens (tertiary/aromatic N) is 1. The summed E-state index contributed by atoms with van der Waals surface area (Å²) in [6.07, 6.45) is 0.742. The molecule has 0 rings (SSSR count). The number of carboxylic acid groups (broad SMARTS) is 1. The molecule has 0 aliphatic carbocycles. The van der Waals surface area contributed by atoms with Crippen LogP contribution in [-0.4, -0.2) is 54.2 Å². The molecule has 0 aromatic rings. The quantitative estimate of drug-likeness (QED) is 0.634. The van der Waals surface area contributed by atoms with E-state index < -0.39 is 11.5 Å². The third-order valence-electron chi connectivity index (χ3n) is 2.43. The molecule has 3 N–H and O–H groups in total. The molecule has 18 heavy (non-hydrogen) atoms. The van der Waals surface area contributed by atoms with Gasteiger partial charge in [0.2, 0.25) is 0 Å². The third kappa shape index (κ3) is 8.81. The van der Waals surface area contributed by atoms with E-state index in [0.717, 1.165) is 13.0 Å². The Kier molecular flexibility index (Phi) is 6.68. The second-order valence-corrected chi connectivity index (χ2v) is 5.55. The summed E-state index contributed by atoms with van der Waals surface area (Å²) in [5, 5.41) is 14.2. The summed E-state index contributed by atoms with van der Waals surface area (Å²) >= 11 is 0. The summed E-state index contributed by atoms with van der Waals surface area (Å²) in [6, 6.07) is -0.277. The van der Waals surface area contributed by atoms with Gasteiger partial charge in [0.25, 0.3) is 0 Å². The smallest absolute Gasteiger partial charge is 0.315 e. The van der Waals surface area contributed by atoms with E-state index in [9.17, 15) is 9.59 Å². The van der Waals surface area contributed by atoms with Gasteiger partial charge in [-0.2, -0.15) is 0 Å². The Balaban J connectivity index is 4.06. The molecule has 0 saturated heterocycles.